The summed E-state index contributed by atoms with van der Waals surface area (Å²) in [5.41, 5.74) is 4.20. The van der Waals surface area contributed by atoms with Crippen molar-refractivity contribution in [3.8, 4) is 11.5 Å². The minimum atomic E-state index is -0.210. The van der Waals surface area contributed by atoms with Gasteiger partial charge in [-0.25, -0.2) is 0 Å². The van der Waals surface area contributed by atoms with Crippen molar-refractivity contribution in [3.63, 3.8) is 0 Å². The van der Waals surface area contributed by atoms with E-state index in [-0.39, 0.29) is 5.91 Å². The maximum Gasteiger partial charge on any atom is 0.248 e. The summed E-state index contributed by atoms with van der Waals surface area (Å²) in [5.74, 6) is 1.29. The van der Waals surface area contributed by atoms with Crippen LogP contribution in [-0.2, 0) is 18.4 Å². The summed E-state index contributed by atoms with van der Waals surface area (Å²) in [6, 6.07) is 13.4. The molecule has 7 heteroatoms. The van der Waals surface area contributed by atoms with E-state index in [1.54, 1.807) is 17.9 Å². The van der Waals surface area contributed by atoms with Crippen LogP contribution in [0.5, 0.6) is 11.5 Å². The fraction of sp³-hybridized carbons (Fsp3) is 0.217. The van der Waals surface area contributed by atoms with E-state index in [0.29, 0.717) is 6.61 Å². The summed E-state index contributed by atoms with van der Waals surface area (Å²) >= 11 is 3.41. The molecule has 6 nitrogen and oxygen atoms in total. The molecule has 0 atom stereocenters. The van der Waals surface area contributed by atoms with Crippen molar-refractivity contribution < 1.29 is 14.3 Å². The van der Waals surface area contributed by atoms with Gasteiger partial charge in [0, 0.05) is 23.2 Å². The van der Waals surface area contributed by atoms with Crippen LogP contribution in [0.3, 0.4) is 0 Å². The molecule has 0 aliphatic carbocycles. The Hall–Kier alpha value is -3.06. The second kappa shape index (κ2) is 9.63. The van der Waals surface area contributed by atoms with Crippen molar-refractivity contribution in [2.75, 3.05) is 12.4 Å². The van der Waals surface area contributed by atoms with Gasteiger partial charge in [0.25, 0.3) is 0 Å². The lowest BCUT2D eigenvalue weighted by Crippen LogP contribution is -2.09. The summed E-state index contributed by atoms with van der Waals surface area (Å²) in [6.07, 6.45) is 3.27. The molecule has 0 aliphatic rings. The summed E-state index contributed by atoms with van der Waals surface area (Å²) in [7, 11) is 3.48. The first-order valence-electron chi connectivity index (χ1n) is 9.42. The normalized spacial score (nSPS) is 11.0. The number of amides is 1. The lowest BCUT2D eigenvalue weighted by molar-refractivity contribution is -0.111. The van der Waals surface area contributed by atoms with Crippen LogP contribution in [0.25, 0.3) is 6.08 Å². The van der Waals surface area contributed by atoms with E-state index < -0.39 is 0 Å². The minimum Gasteiger partial charge on any atom is -0.496 e. The topological polar surface area (TPSA) is 65.4 Å². The summed E-state index contributed by atoms with van der Waals surface area (Å²) in [6.45, 7) is 4.14. The van der Waals surface area contributed by atoms with Crippen LogP contribution in [-0.4, -0.2) is 22.8 Å². The Kier molecular flexibility index (Phi) is 6.95. The van der Waals surface area contributed by atoms with Crippen molar-refractivity contribution in [1.29, 1.82) is 0 Å². The number of rotatable bonds is 7. The largest absolute Gasteiger partial charge is 0.496 e. The molecule has 0 fully saturated rings. The van der Waals surface area contributed by atoms with E-state index in [0.717, 1.165) is 44.2 Å². The first-order chi connectivity index (χ1) is 14.4. The third-order valence-electron chi connectivity index (χ3n) is 4.70. The molecule has 2 aromatic carbocycles. The molecule has 0 radical (unpaired) electrons. The summed E-state index contributed by atoms with van der Waals surface area (Å²) in [4.78, 5) is 12.4. The van der Waals surface area contributed by atoms with Crippen LogP contribution < -0.4 is 14.8 Å². The molecule has 3 rings (SSSR count). The van der Waals surface area contributed by atoms with E-state index >= 15 is 0 Å². The highest BCUT2D eigenvalue weighted by Gasteiger charge is 2.11. The van der Waals surface area contributed by atoms with Gasteiger partial charge in [0.05, 0.1) is 24.2 Å². The number of hydrogen-bond acceptors (Lipinski definition) is 4. The van der Waals surface area contributed by atoms with Gasteiger partial charge in [0.1, 0.15) is 18.1 Å². The van der Waals surface area contributed by atoms with Gasteiger partial charge in [-0.05, 0) is 61.9 Å². The zero-order valence-corrected chi connectivity index (χ0v) is 19.0. The standard InChI is InChI=1S/C23H24BrN3O3/c1-15-23(16(2)27(3)26-15)25-22(28)12-6-17-5-11-21(29-4)18(13-17)14-30-20-9-7-19(24)8-10-20/h5-13H,14H2,1-4H3,(H,25,28)/b12-6+. The van der Waals surface area contributed by atoms with Crippen molar-refractivity contribution in [2.24, 2.45) is 7.05 Å². The number of aromatic nitrogens is 2. The number of nitrogens with zero attached hydrogens (tertiary/aromatic N) is 2. The van der Waals surface area contributed by atoms with Crippen molar-refractivity contribution in [2.45, 2.75) is 20.5 Å². The highest BCUT2D eigenvalue weighted by Crippen LogP contribution is 2.24. The molecule has 0 spiro atoms. The quantitative estimate of drug-likeness (QED) is 0.492. The van der Waals surface area contributed by atoms with Crippen LogP contribution in [0, 0.1) is 13.8 Å². The Morgan fingerprint density at radius 2 is 1.93 bits per heavy atom. The van der Waals surface area contributed by atoms with Crippen LogP contribution in [0.1, 0.15) is 22.5 Å². The fourth-order valence-electron chi connectivity index (χ4n) is 3.00. The number of carbonyl (C=O) groups excluding carboxylic acids is 1. The molecule has 156 valence electrons. The number of halogens is 1. The number of hydrogen-bond donors (Lipinski definition) is 1. The third-order valence-corrected chi connectivity index (χ3v) is 5.23. The van der Waals surface area contributed by atoms with Gasteiger partial charge in [0.15, 0.2) is 0 Å². The van der Waals surface area contributed by atoms with Gasteiger partial charge in [-0.15, -0.1) is 0 Å². The number of carbonyl (C=O) groups is 1. The van der Waals surface area contributed by atoms with E-state index in [1.165, 1.54) is 6.08 Å². The number of benzene rings is 2. The van der Waals surface area contributed by atoms with Crippen molar-refractivity contribution in [3.05, 3.63) is 75.5 Å². The molecule has 0 saturated heterocycles. The smallest absolute Gasteiger partial charge is 0.248 e. The van der Waals surface area contributed by atoms with Crippen LogP contribution in [0.15, 0.2) is 53.0 Å². The molecule has 1 amide bonds. The van der Waals surface area contributed by atoms with Gasteiger partial charge in [-0.2, -0.15) is 5.10 Å². The number of ether oxygens (including phenoxy) is 2. The van der Waals surface area contributed by atoms with E-state index in [2.05, 4.69) is 26.3 Å². The molecule has 30 heavy (non-hydrogen) atoms. The average Bonchev–Trinajstić information content (AvgIpc) is 2.98. The van der Waals surface area contributed by atoms with Gasteiger partial charge in [0.2, 0.25) is 5.91 Å². The highest BCUT2D eigenvalue weighted by atomic mass is 79.9. The fourth-order valence-corrected chi connectivity index (χ4v) is 3.26. The van der Waals surface area contributed by atoms with Gasteiger partial charge < -0.3 is 14.8 Å². The summed E-state index contributed by atoms with van der Waals surface area (Å²) in [5, 5.41) is 7.21. The maximum absolute atomic E-state index is 12.4. The van der Waals surface area contributed by atoms with E-state index in [4.69, 9.17) is 9.47 Å². The molecular formula is C23H24BrN3O3. The number of aryl methyl sites for hydroxylation is 2. The lowest BCUT2D eigenvalue weighted by atomic mass is 10.1. The van der Waals surface area contributed by atoms with Gasteiger partial charge in [-0.3, -0.25) is 9.48 Å². The van der Waals surface area contributed by atoms with Crippen molar-refractivity contribution >= 4 is 33.6 Å². The number of methoxy groups -OCH3 is 1. The Morgan fingerprint density at radius 3 is 2.57 bits per heavy atom. The Bertz CT molecular complexity index is 1070. The Morgan fingerprint density at radius 1 is 1.20 bits per heavy atom. The molecule has 1 N–H and O–H groups in total. The number of anilines is 1. The number of nitrogens with one attached hydrogen (secondary N) is 1. The van der Waals surface area contributed by atoms with Crippen LogP contribution >= 0.6 is 15.9 Å². The second-order valence-corrected chi connectivity index (χ2v) is 7.72. The molecule has 0 saturated carbocycles. The molecular weight excluding hydrogens is 446 g/mol. The van der Waals surface area contributed by atoms with Crippen LogP contribution in [0.4, 0.5) is 5.69 Å². The second-order valence-electron chi connectivity index (χ2n) is 6.81. The highest BCUT2D eigenvalue weighted by molar-refractivity contribution is 9.10. The molecule has 3 aromatic rings. The predicted octanol–water partition coefficient (Wildman–Crippen LogP) is 5.04. The van der Waals surface area contributed by atoms with Crippen LogP contribution in [0.2, 0.25) is 0 Å². The predicted molar refractivity (Wildman–Crippen MR) is 122 cm³/mol. The Labute approximate surface area is 184 Å². The SMILES string of the molecule is COc1ccc(/C=C/C(=O)Nc2c(C)nn(C)c2C)cc1COc1ccc(Br)cc1. The van der Waals surface area contributed by atoms with Gasteiger partial charge in [-0.1, -0.05) is 22.0 Å². The molecule has 0 bridgehead atoms. The average molecular weight is 470 g/mol. The molecule has 1 aromatic heterocycles. The zero-order valence-electron chi connectivity index (χ0n) is 17.4. The van der Waals surface area contributed by atoms with Crippen molar-refractivity contribution in [1.82, 2.24) is 9.78 Å². The van der Waals surface area contributed by atoms with E-state index in [9.17, 15) is 4.79 Å². The Balaban J connectivity index is 1.70. The minimum absolute atomic E-state index is 0.210. The first-order valence-corrected chi connectivity index (χ1v) is 10.2. The lowest BCUT2D eigenvalue weighted by Gasteiger charge is -2.11. The molecule has 1 heterocycles. The first kappa shape index (κ1) is 21.6. The molecule has 0 unspecified atom stereocenters. The van der Waals surface area contributed by atoms with Gasteiger partial charge >= 0.3 is 0 Å². The third kappa shape index (κ3) is 5.30. The maximum atomic E-state index is 12.4. The summed E-state index contributed by atoms with van der Waals surface area (Å²) < 4.78 is 14.0. The monoisotopic (exact) mass is 469 g/mol. The zero-order chi connectivity index (χ0) is 21.7. The van der Waals surface area contributed by atoms with E-state index in [1.807, 2.05) is 63.4 Å². The molecule has 0 aliphatic heterocycles.